The highest BCUT2D eigenvalue weighted by Crippen LogP contribution is 2.20. The zero-order chi connectivity index (χ0) is 16.0. The van der Waals surface area contributed by atoms with Crippen molar-refractivity contribution in [2.24, 2.45) is 11.8 Å². The third kappa shape index (κ3) is 5.62. The summed E-state index contributed by atoms with van der Waals surface area (Å²) in [7, 11) is -3.17. The number of hydrogen-bond donors (Lipinski definition) is 2. The Morgan fingerprint density at radius 1 is 1.33 bits per heavy atom. The first-order valence-electron chi connectivity index (χ1n) is 7.23. The van der Waals surface area contributed by atoms with E-state index in [1.807, 2.05) is 0 Å². The van der Waals surface area contributed by atoms with Gasteiger partial charge in [0.15, 0.2) is 0 Å². The monoisotopic (exact) mass is 320 g/mol. The number of carboxylic acid groups (broad SMARTS) is 1. The maximum Gasteiger partial charge on any atom is 0.303 e. The van der Waals surface area contributed by atoms with Gasteiger partial charge in [0.1, 0.15) is 0 Å². The van der Waals surface area contributed by atoms with Crippen molar-refractivity contribution in [1.29, 1.82) is 0 Å². The number of hydrogen-bond acceptors (Lipinski definition) is 4. The van der Waals surface area contributed by atoms with E-state index in [1.54, 1.807) is 13.8 Å². The van der Waals surface area contributed by atoms with Gasteiger partial charge in [-0.2, -0.15) is 0 Å². The lowest BCUT2D eigenvalue weighted by atomic mass is 9.97. The van der Waals surface area contributed by atoms with Crippen LogP contribution in [0.4, 0.5) is 0 Å². The molecule has 1 fully saturated rings. The van der Waals surface area contributed by atoms with Gasteiger partial charge in [0.25, 0.3) is 0 Å². The van der Waals surface area contributed by atoms with Crippen molar-refractivity contribution in [3.63, 3.8) is 0 Å². The Balaban J connectivity index is 2.37. The van der Waals surface area contributed by atoms with Gasteiger partial charge < -0.3 is 10.4 Å². The molecule has 0 saturated carbocycles. The number of rotatable bonds is 7. The van der Waals surface area contributed by atoms with Crippen molar-refractivity contribution in [1.82, 2.24) is 9.62 Å². The average Bonchev–Trinajstić information content (AvgIpc) is 2.44. The maximum atomic E-state index is 12.0. The SMILES string of the molecule is CCS(=O)(=O)N1CCC(C(=O)NCC(C)CC(=O)O)CC1. The van der Waals surface area contributed by atoms with Gasteiger partial charge in [0.2, 0.25) is 15.9 Å². The van der Waals surface area contributed by atoms with E-state index >= 15 is 0 Å². The van der Waals surface area contributed by atoms with Crippen molar-refractivity contribution < 1.29 is 23.1 Å². The van der Waals surface area contributed by atoms with Gasteiger partial charge in [-0.1, -0.05) is 6.92 Å². The van der Waals surface area contributed by atoms with Crippen molar-refractivity contribution in [3.05, 3.63) is 0 Å². The van der Waals surface area contributed by atoms with E-state index in [4.69, 9.17) is 5.11 Å². The standard InChI is InChI=1S/C13H24N2O5S/c1-3-21(19,20)15-6-4-11(5-7-15)13(18)14-9-10(2)8-12(16)17/h10-11H,3-9H2,1-2H3,(H,14,18)(H,16,17). The number of aliphatic carboxylic acids is 1. The predicted octanol–water partition coefficient (Wildman–Crippen LogP) is 0.275. The summed E-state index contributed by atoms with van der Waals surface area (Å²) in [5.41, 5.74) is 0. The topological polar surface area (TPSA) is 104 Å². The van der Waals surface area contributed by atoms with Gasteiger partial charge in [-0.3, -0.25) is 9.59 Å². The molecule has 1 saturated heterocycles. The highest BCUT2D eigenvalue weighted by molar-refractivity contribution is 7.89. The molecule has 7 nitrogen and oxygen atoms in total. The van der Waals surface area contributed by atoms with E-state index in [-0.39, 0.29) is 29.9 Å². The Hall–Kier alpha value is -1.15. The van der Waals surface area contributed by atoms with E-state index < -0.39 is 16.0 Å². The molecule has 1 heterocycles. The van der Waals surface area contributed by atoms with E-state index in [9.17, 15) is 18.0 Å². The quantitative estimate of drug-likeness (QED) is 0.701. The van der Waals surface area contributed by atoms with Crippen LogP contribution in [-0.4, -0.2) is 55.1 Å². The molecule has 0 aromatic heterocycles. The van der Waals surface area contributed by atoms with Crippen LogP contribution in [0.3, 0.4) is 0 Å². The summed E-state index contributed by atoms with van der Waals surface area (Å²) in [5.74, 6) is -1.22. The molecule has 1 amide bonds. The lowest BCUT2D eigenvalue weighted by Gasteiger charge is -2.30. The van der Waals surface area contributed by atoms with Crippen LogP contribution < -0.4 is 5.32 Å². The van der Waals surface area contributed by atoms with E-state index in [1.165, 1.54) is 4.31 Å². The lowest BCUT2D eigenvalue weighted by Crippen LogP contribution is -2.44. The minimum absolute atomic E-state index is 0.0213. The van der Waals surface area contributed by atoms with Gasteiger partial charge in [0.05, 0.1) is 5.75 Å². The van der Waals surface area contributed by atoms with Crippen molar-refractivity contribution in [2.45, 2.75) is 33.1 Å². The van der Waals surface area contributed by atoms with Crippen LogP contribution in [-0.2, 0) is 19.6 Å². The molecule has 0 aliphatic carbocycles. The van der Waals surface area contributed by atoms with E-state index in [2.05, 4.69) is 5.32 Å². The Bertz CT molecular complexity index is 469. The number of sulfonamides is 1. The highest BCUT2D eigenvalue weighted by Gasteiger charge is 2.30. The number of nitrogens with zero attached hydrogens (tertiary/aromatic N) is 1. The van der Waals surface area contributed by atoms with Crippen LogP contribution in [0, 0.1) is 11.8 Å². The predicted molar refractivity (Wildman–Crippen MR) is 78.2 cm³/mol. The third-order valence-electron chi connectivity index (χ3n) is 3.73. The molecule has 21 heavy (non-hydrogen) atoms. The molecular weight excluding hydrogens is 296 g/mol. The third-order valence-corrected chi connectivity index (χ3v) is 5.61. The maximum absolute atomic E-state index is 12.0. The van der Waals surface area contributed by atoms with Gasteiger partial charge in [-0.05, 0) is 25.7 Å². The summed E-state index contributed by atoms with van der Waals surface area (Å²) in [6.07, 6.45) is 1.05. The molecule has 0 radical (unpaired) electrons. The fraction of sp³-hybridized carbons (Fsp3) is 0.846. The molecule has 1 unspecified atom stereocenters. The second-order valence-electron chi connectivity index (χ2n) is 5.52. The molecule has 8 heteroatoms. The molecule has 0 aromatic rings. The van der Waals surface area contributed by atoms with Crippen molar-refractivity contribution >= 4 is 21.9 Å². The Morgan fingerprint density at radius 3 is 2.38 bits per heavy atom. The molecule has 0 spiro atoms. The minimum atomic E-state index is -3.17. The van der Waals surface area contributed by atoms with E-state index in [0.717, 1.165) is 0 Å². The molecule has 1 atom stereocenters. The van der Waals surface area contributed by atoms with Crippen molar-refractivity contribution in [3.8, 4) is 0 Å². The number of carboxylic acids is 1. The number of piperidine rings is 1. The second kappa shape index (κ2) is 7.74. The first kappa shape index (κ1) is 17.9. The summed E-state index contributed by atoms with van der Waals surface area (Å²) in [6.45, 7) is 4.46. The van der Waals surface area contributed by atoms with Gasteiger partial charge >= 0.3 is 5.97 Å². The minimum Gasteiger partial charge on any atom is -0.481 e. The summed E-state index contributed by atoms with van der Waals surface area (Å²) < 4.78 is 24.9. The van der Waals surface area contributed by atoms with Crippen LogP contribution in [0.25, 0.3) is 0 Å². The Labute approximate surface area is 125 Å². The number of nitrogens with one attached hydrogen (secondary N) is 1. The summed E-state index contributed by atoms with van der Waals surface area (Å²) >= 11 is 0. The first-order valence-corrected chi connectivity index (χ1v) is 8.84. The van der Waals surface area contributed by atoms with Crippen LogP contribution in [0.1, 0.15) is 33.1 Å². The van der Waals surface area contributed by atoms with Crippen LogP contribution in [0.15, 0.2) is 0 Å². The molecule has 0 aromatic carbocycles. The second-order valence-corrected chi connectivity index (χ2v) is 7.78. The van der Waals surface area contributed by atoms with Gasteiger partial charge in [-0.15, -0.1) is 0 Å². The molecule has 1 aliphatic heterocycles. The fourth-order valence-corrected chi connectivity index (χ4v) is 3.50. The molecule has 1 aliphatic rings. The molecular formula is C13H24N2O5S. The fourth-order valence-electron chi connectivity index (χ4n) is 2.37. The van der Waals surface area contributed by atoms with Gasteiger partial charge in [0, 0.05) is 32.0 Å². The number of carbonyl (C=O) groups excluding carboxylic acids is 1. The lowest BCUT2D eigenvalue weighted by molar-refractivity contribution is -0.138. The summed E-state index contributed by atoms with van der Waals surface area (Å²) in [6, 6.07) is 0. The molecule has 0 bridgehead atoms. The Morgan fingerprint density at radius 2 is 1.90 bits per heavy atom. The first-order chi connectivity index (χ1) is 9.76. The molecule has 122 valence electrons. The van der Waals surface area contributed by atoms with Crippen LogP contribution in [0.5, 0.6) is 0 Å². The largest absolute Gasteiger partial charge is 0.481 e. The smallest absolute Gasteiger partial charge is 0.303 e. The Kier molecular flexibility index (Phi) is 6.60. The number of carbonyl (C=O) groups is 2. The normalized spacial score (nSPS) is 19.1. The average molecular weight is 320 g/mol. The number of amides is 1. The molecule has 2 N–H and O–H groups in total. The zero-order valence-corrected chi connectivity index (χ0v) is 13.4. The van der Waals surface area contributed by atoms with E-state index in [0.29, 0.717) is 32.5 Å². The van der Waals surface area contributed by atoms with Crippen LogP contribution >= 0.6 is 0 Å². The van der Waals surface area contributed by atoms with Gasteiger partial charge in [-0.25, -0.2) is 12.7 Å². The zero-order valence-electron chi connectivity index (χ0n) is 12.5. The van der Waals surface area contributed by atoms with Crippen molar-refractivity contribution in [2.75, 3.05) is 25.4 Å². The van der Waals surface area contributed by atoms with Crippen LogP contribution in [0.2, 0.25) is 0 Å². The highest BCUT2D eigenvalue weighted by atomic mass is 32.2. The molecule has 1 rings (SSSR count). The summed E-state index contributed by atoms with van der Waals surface area (Å²) in [5, 5.41) is 11.4. The summed E-state index contributed by atoms with van der Waals surface area (Å²) in [4.78, 5) is 22.5.